The Bertz CT molecular complexity index is 640. The topological polar surface area (TPSA) is 36.9 Å². The van der Waals surface area contributed by atoms with E-state index in [0.29, 0.717) is 5.92 Å². The van der Waals surface area contributed by atoms with Gasteiger partial charge in [0.05, 0.1) is 7.11 Å². The van der Waals surface area contributed by atoms with Gasteiger partial charge in [0.25, 0.3) is 0 Å². The first-order valence-electron chi connectivity index (χ1n) is 8.22. The van der Waals surface area contributed by atoms with Crippen LogP contribution in [0.25, 0.3) is 0 Å². The fourth-order valence-electron chi connectivity index (χ4n) is 2.65. The third-order valence-corrected chi connectivity index (χ3v) is 5.02. The van der Waals surface area contributed by atoms with Crippen molar-refractivity contribution in [3.63, 3.8) is 0 Å². The van der Waals surface area contributed by atoms with Gasteiger partial charge >= 0.3 is 0 Å². The van der Waals surface area contributed by atoms with Gasteiger partial charge in [-0.15, -0.1) is 11.3 Å². The molecule has 1 heterocycles. The van der Waals surface area contributed by atoms with E-state index in [9.17, 15) is 0 Å². The molecule has 5 heteroatoms. The van der Waals surface area contributed by atoms with Gasteiger partial charge < -0.3 is 15.0 Å². The highest BCUT2D eigenvalue weighted by Gasteiger charge is 2.13. The van der Waals surface area contributed by atoms with Crippen molar-refractivity contribution in [3.8, 4) is 5.75 Å². The molecule has 0 amide bonds. The lowest BCUT2D eigenvalue weighted by Gasteiger charge is -2.24. The molecule has 0 fully saturated rings. The van der Waals surface area contributed by atoms with Gasteiger partial charge in [-0.25, -0.2) is 0 Å². The number of nitrogens with one attached hydrogen (secondary N) is 1. The van der Waals surface area contributed by atoms with Crippen molar-refractivity contribution in [3.05, 3.63) is 52.2 Å². The van der Waals surface area contributed by atoms with Crippen LogP contribution < -0.4 is 10.1 Å². The number of nitrogens with zero attached hydrogens (tertiary/aromatic N) is 2. The monoisotopic (exact) mass is 345 g/mol. The second-order valence-electron chi connectivity index (χ2n) is 5.82. The summed E-state index contributed by atoms with van der Waals surface area (Å²) in [4.78, 5) is 7.98. The first-order chi connectivity index (χ1) is 11.7. The summed E-state index contributed by atoms with van der Waals surface area (Å²) < 4.78 is 5.46. The Morgan fingerprint density at radius 3 is 2.75 bits per heavy atom. The molecule has 2 rings (SSSR count). The summed E-state index contributed by atoms with van der Waals surface area (Å²) in [5.41, 5.74) is 1.21. The van der Waals surface area contributed by atoms with Crippen LogP contribution >= 0.6 is 11.3 Å². The van der Waals surface area contributed by atoms with Crippen LogP contribution in [0, 0.1) is 0 Å². The summed E-state index contributed by atoms with van der Waals surface area (Å²) in [5.74, 6) is 2.20. The maximum Gasteiger partial charge on any atom is 0.193 e. The Morgan fingerprint density at radius 2 is 2.08 bits per heavy atom. The van der Waals surface area contributed by atoms with Gasteiger partial charge in [0, 0.05) is 38.0 Å². The molecule has 1 N–H and O–H groups in total. The molecule has 0 saturated carbocycles. The molecule has 0 aliphatic carbocycles. The van der Waals surface area contributed by atoms with E-state index in [1.165, 1.54) is 10.4 Å². The molecule has 0 spiro atoms. The number of para-hydroxylation sites is 1. The van der Waals surface area contributed by atoms with Crippen molar-refractivity contribution in [2.75, 3.05) is 34.3 Å². The quantitative estimate of drug-likeness (QED) is 0.615. The van der Waals surface area contributed by atoms with Gasteiger partial charge in [-0.3, -0.25) is 4.99 Å². The van der Waals surface area contributed by atoms with Crippen LogP contribution in [0.5, 0.6) is 5.75 Å². The van der Waals surface area contributed by atoms with E-state index in [-0.39, 0.29) is 0 Å². The molecule has 0 bridgehead atoms. The van der Waals surface area contributed by atoms with Crippen LogP contribution in [-0.4, -0.2) is 45.2 Å². The van der Waals surface area contributed by atoms with Crippen molar-refractivity contribution < 1.29 is 4.74 Å². The molecule has 1 aromatic heterocycles. The standard InChI is InChI=1S/C19H27N3OS/c1-15(17-9-5-6-10-18(17)23-4)14-21-19(20-2)22(3)12-11-16-8-7-13-24-16/h5-10,13,15H,11-12,14H2,1-4H3,(H,20,21). The third-order valence-electron chi connectivity index (χ3n) is 4.08. The minimum Gasteiger partial charge on any atom is -0.496 e. The highest BCUT2D eigenvalue weighted by atomic mass is 32.1. The highest BCUT2D eigenvalue weighted by Crippen LogP contribution is 2.25. The molecule has 2 aromatic rings. The molecule has 0 aliphatic rings. The molecule has 0 radical (unpaired) electrons. The van der Waals surface area contributed by atoms with Crippen LogP contribution in [0.15, 0.2) is 46.8 Å². The van der Waals surface area contributed by atoms with E-state index in [0.717, 1.165) is 31.2 Å². The SMILES string of the molecule is CN=C(NCC(C)c1ccccc1OC)N(C)CCc1cccs1. The maximum absolute atomic E-state index is 5.46. The lowest BCUT2D eigenvalue weighted by Crippen LogP contribution is -2.41. The molecule has 0 aliphatic heterocycles. The molecule has 1 atom stereocenters. The number of benzene rings is 1. The van der Waals surface area contributed by atoms with Crippen LogP contribution in [-0.2, 0) is 6.42 Å². The van der Waals surface area contributed by atoms with E-state index in [1.54, 1.807) is 18.4 Å². The summed E-state index contributed by atoms with van der Waals surface area (Å²) in [7, 11) is 5.63. The molecule has 4 nitrogen and oxygen atoms in total. The fraction of sp³-hybridized carbons (Fsp3) is 0.421. The zero-order chi connectivity index (χ0) is 17.4. The second-order valence-corrected chi connectivity index (χ2v) is 6.85. The summed E-state index contributed by atoms with van der Waals surface area (Å²) in [5, 5.41) is 5.59. The number of hydrogen-bond donors (Lipinski definition) is 1. The maximum atomic E-state index is 5.46. The first kappa shape index (κ1) is 18.3. The third kappa shape index (κ3) is 4.99. The minimum absolute atomic E-state index is 0.337. The van der Waals surface area contributed by atoms with E-state index in [2.05, 4.69) is 58.8 Å². The van der Waals surface area contributed by atoms with Gasteiger partial charge in [-0.2, -0.15) is 0 Å². The van der Waals surface area contributed by atoms with E-state index >= 15 is 0 Å². The zero-order valence-corrected chi connectivity index (χ0v) is 15.8. The van der Waals surface area contributed by atoms with Crippen LogP contribution in [0.3, 0.4) is 0 Å². The Labute approximate surface area is 149 Å². The van der Waals surface area contributed by atoms with Gasteiger partial charge in [-0.05, 0) is 29.5 Å². The van der Waals surface area contributed by atoms with Crippen molar-refractivity contribution in [2.24, 2.45) is 4.99 Å². The Balaban J connectivity index is 1.88. The summed E-state index contributed by atoms with van der Waals surface area (Å²) in [6.07, 6.45) is 1.04. The zero-order valence-electron chi connectivity index (χ0n) is 15.0. The van der Waals surface area contributed by atoms with Crippen LogP contribution in [0.1, 0.15) is 23.3 Å². The lowest BCUT2D eigenvalue weighted by atomic mass is 10.0. The Hall–Kier alpha value is -2.01. The van der Waals surface area contributed by atoms with Crippen molar-refractivity contribution in [1.29, 1.82) is 0 Å². The molecular weight excluding hydrogens is 318 g/mol. The summed E-state index contributed by atoms with van der Waals surface area (Å²) >= 11 is 1.80. The Kier molecular flexibility index (Phi) is 7.12. The lowest BCUT2D eigenvalue weighted by molar-refractivity contribution is 0.405. The minimum atomic E-state index is 0.337. The van der Waals surface area contributed by atoms with Gasteiger partial charge in [-0.1, -0.05) is 31.2 Å². The smallest absolute Gasteiger partial charge is 0.193 e. The summed E-state index contributed by atoms with van der Waals surface area (Å²) in [6, 6.07) is 12.5. The number of ether oxygens (including phenoxy) is 1. The second kappa shape index (κ2) is 9.33. The number of hydrogen-bond acceptors (Lipinski definition) is 3. The predicted molar refractivity (Wildman–Crippen MR) is 103 cm³/mol. The van der Waals surface area contributed by atoms with Crippen LogP contribution in [0.2, 0.25) is 0 Å². The molecule has 1 aromatic carbocycles. The normalized spacial score (nSPS) is 12.8. The fourth-order valence-corrected chi connectivity index (χ4v) is 3.35. The van der Waals surface area contributed by atoms with Gasteiger partial charge in [0.1, 0.15) is 5.75 Å². The highest BCUT2D eigenvalue weighted by molar-refractivity contribution is 7.09. The predicted octanol–water partition coefficient (Wildman–Crippen LogP) is 3.61. The molecule has 130 valence electrons. The number of methoxy groups -OCH3 is 1. The van der Waals surface area contributed by atoms with E-state index in [4.69, 9.17) is 4.74 Å². The van der Waals surface area contributed by atoms with Gasteiger partial charge in [0.15, 0.2) is 5.96 Å². The largest absolute Gasteiger partial charge is 0.496 e. The number of guanidine groups is 1. The van der Waals surface area contributed by atoms with Crippen LogP contribution in [0.4, 0.5) is 0 Å². The first-order valence-corrected chi connectivity index (χ1v) is 9.10. The average molecular weight is 346 g/mol. The van der Waals surface area contributed by atoms with E-state index in [1.807, 2.05) is 19.2 Å². The number of aliphatic imine (C=N–C) groups is 1. The number of rotatable bonds is 7. The average Bonchev–Trinajstić information content (AvgIpc) is 3.13. The molecule has 1 unspecified atom stereocenters. The molecule has 0 saturated heterocycles. The number of likely N-dealkylation sites (N-methyl/N-ethyl adjacent to an activating group) is 1. The molecule has 24 heavy (non-hydrogen) atoms. The molecular formula is C19H27N3OS. The Morgan fingerprint density at radius 1 is 1.29 bits per heavy atom. The van der Waals surface area contributed by atoms with Gasteiger partial charge in [0.2, 0.25) is 0 Å². The van der Waals surface area contributed by atoms with E-state index < -0.39 is 0 Å². The van der Waals surface area contributed by atoms with Crippen molar-refractivity contribution in [2.45, 2.75) is 19.3 Å². The number of thiophene rings is 1. The van der Waals surface area contributed by atoms with Crippen molar-refractivity contribution in [1.82, 2.24) is 10.2 Å². The van der Waals surface area contributed by atoms with Crippen molar-refractivity contribution >= 4 is 17.3 Å². The summed E-state index contributed by atoms with van der Waals surface area (Å²) in [6.45, 7) is 3.96.